The van der Waals surface area contributed by atoms with Crippen molar-refractivity contribution in [1.82, 2.24) is 14.5 Å². The first-order chi connectivity index (χ1) is 9.24. The SMILES string of the molecule is Cc1ccnc2c1nc(C(C)Cl)n2CC(F)(F)C(F)F. The maximum Gasteiger partial charge on any atom is 0.324 e. The highest BCUT2D eigenvalue weighted by atomic mass is 35.5. The van der Waals surface area contributed by atoms with E-state index in [-0.39, 0.29) is 11.5 Å². The molecule has 2 rings (SSSR count). The average Bonchev–Trinajstić information content (AvgIpc) is 2.69. The minimum absolute atomic E-state index is 0.101. The number of rotatable bonds is 4. The zero-order chi connectivity index (χ0) is 15.1. The van der Waals surface area contributed by atoms with Crippen LogP contribution in [0.4, 0.5) is 17.6 Å². The molecule has 0 spiro atoms. The van der Waals surface area contributed by atoms with Crippen molar-refractivity contribution in [3.63, 3.8) is 0 Å². The third-order valence-corrected chi connectivity index (χ3v) is 3.10. The van der Waals surface area contributed by atoms with Crippen LogP contribution in [0, 0.1) is 6.92 Å². The second-order valence-corrected chi connectivity index (χ2v) is 5.19. The lowest BCUT2D eigenvalue weighted by Gasteiger charge is -2.18. The third-order valence-electron chi connectivity index (χ3n) is 2.91. The van der Waals surface area contributed by atoms with Crippen molar-refractivity contribution in [1.29, 1.82) is 0 Å². The molecular formula is C12H12ClF4N3. The smallest absolute Gasteiger partial charge is 0.305 e. The van der Waals surface area contributed by atoms with E-state index in [9.17, 15) is 17.6 Å². The van der Waals surface area contributed by atoms with Crippen LogP contribution in [-0.4, -0.2) is 26.9 Å². The minimum Gasteiger partial charge on any atom is -0.305 e. The van der Waals surface area contributed by atoms with Crippen LogP contribution >= 0.6 is 11.6 Å². The third kappa shape index (κ3) is 2.59. The van der Waals surface area contributed by atoms with E-state index in [0.29, 0.717) is 11.1 Å². The Hall–Kier alpha value is -1.37. The molecule has 20 heavy (non-hydrogen) atoms. The molecule has 2 aromatic rings. The van der Waals surface area contributed by atoms with Gasteiger partial charge in [0.1, 0.15) is 11.3 Å². The van der Waals surface area contributed by atoms with E-state index in [1.807, 2.05) is 0 Å². The largest absolute Gasteiger partial charge is 0.324 e. The van der Waals surface area contributed by atoms with Crippen LogP contribution in [0.25, 0.3) is 11.2 Å². The van der Waals surface area contributed by atoms with Gasteiger partial charge in [0.15, 0.2) is 5.65 Å². The molecule has 0 fully saturated rings. The quantitative estimate of drug-likeness (QED) is 0.632. The molecule has 0 N–H and O–H groups in total. The Labute approximate surface area is 117 Å². The molecule has 0 aliphatic rings. The predicted octanol–water partition coefficient (Wildman–Crippen LogP) is 3.94. The summed E-state index contributed by atoms with van der Waals surface area (Å²) in [5.74, 6) is -4.07. The average molecular weight is 310 g/mol. The molecule has 0 amide bonds. The van der Waals surface area contributed by atoms with Gasteiger partial charge < -0.3 is 4.57 Å². The summed E-state index contributed by atoms with van der Waals surface area (Å²) in [6.07, 6.45) is -2.35. The fraction of sp³-hybridized carbons (Fsp3) is 0.500. The second kappa shape index (κ2) is 5.20. The van der Waals surface area contributed by atoms with E-state index in [2.05, 4.69) is 9.97 Å². The van der Waals surface area contributed by atoms with Gasteiger partial charge in [-0.25, -0.2) is 18.7 Å². The fourth-order valence-electron chi connectivity index (χ4n) is 1.89. The highest BCUT2D eigenvalue weighted by Gasteiger charge is 2.42. The van der Waals surface area contributed by atoms with Crippen molar-refractivity contribution < 1.29 is 17.6 Å². The fourth-order valence-corrected chi connectivity index (χ4v) is 2.06. The lowest BCUT2D eigenvalue weighted by molar-refractivity contribution is -0.137. The zero-order valence-corrected chi connectivity index (χ0v) is 11.5. The number of fused-ring (bicyclic) bond motifs is 1. The number of nitrogens with zero attached hydrogens (tertiary/aromatic N) is 3. The molecule has 2 heterocycles. The highest BCUT2D eigenvalue weighted by molar-refractivity contribution is 6.20. The van der Waals surface area contributed by atoms with Crippen LogP contribution in [0.2, 0.25) is 0 Å². The second-order valence-electron chi connectivity index (χ2n) is 4.53. The van der Waals surface area contributed by atoms with Crippen molar-refractivity contribution in [2.75, 3.05) is 0 Å². The van der Waals surface area contributed by atoms with E-state index in [1.165, 1.54) is 13.1 Å². The van der Waals surface area contributed by atoms with Crippen molar-refractivity contribution in [3.8, 4) is 0 Å². The van der Waals surface area contributed by atoms with Gasteiger partial charge in [-0.05, 0) is 25.5 Å². The Morgan fingerprint density at radius 3 is 2.60 bits per heavy atom. The molecule has 0 saturated carbocycles. The summed E-state index contributed by atoms with van der Waals surface area (Å²) in [5, 5.41) is -0.697. The summed E-state index contributed by atoms with van der Waals surface area (Å²) in [5.41, 5.74) is 1.24. The predicted molar refractivity (Wildman–Crippen MR) is 67.5 cm³/mol. The van der Waals surface area contributed by atoms with Crippen LogP contribution in [0.5, 0.6) is 0 Å². The molecule has 0 bridgehead atoms. The molecule has 0 aliphatic heterocycles. The normalized spacial score (nSPS) is 14.2. The number of hydrogen-bond donors (Lipinski definition) is 0. The van der Waals surface area contributed by atoms with E-state index in [0.717, 1.165) is 4.57 Å². The number of imidazole rings is 1. The van der Waals surface area contributed by atoms with Crippen LogP contribution in [0.1, 0.15) is 23.7 Å². The van der Waals surface area contributed by atoms with Gasteiger partial charge in [-0.1, -0.05) is 0 Å². The maximum atomic E-state index is 13.3. The van der Waals surface area contributed by atoms with Crippen LogP contribution in [0.15, 0.2) is 12.3 Å². The molecule has 1 unspecified atom stereocenters. The molecule has 0 saturated heterocycles. The van der Waals surface area contributed by atoms with Gasteiger partial charge in [-0.3, -0.25) is 0 Å². The maximum absolute atomic E-state index is 13.3. The van der Waals surface area contributed by atoms with Gasteiger partial charge in [0, 0.05) is 6.20 Å². The lowest BCUT2D eigenvalue weighted by atomic mass is 10.3. The lowest BCUT2D eigenvalue weighted by Crippen LogP contribution is -2.32. The molecule has 3 nitrogen and oxygen atoms in total. The van der Waals surface area contributed by atoms with Gasteiger partial charge in [-0.2, -0.15) is 8.78 Å². The Balaban J connectivity index is 2.61. The first-order valence-electron chi connectivity index (χ1n) is 5.86. The van der Waals surface area contributed by atoms with E-state index in [1.54, 1.807) is 13.0 Å². The summed E-state index contributed by atoms with van der Waals surface area (Å²) in [7, 11) is 0. The molecule has 8 heteroatoms. The Morgan fingerprint density at radius 2 is 2.05 bits per heavy atom. The van der Waals surface area contributed by atoms with Crippen molar-refractivity contribution in [2.24, 2.45) is 0 Å². The molecule has 110 valence electrons. The Bertz CT molecular complexity index is 624. The van der Waals surface area contributed by atoms with Crippen LogP contribution < -0.4 is 0 Å². The molecule has 1 atom stereocenters. The number of pyridine rings is 1. The molecule has 0 aliphatic carbocycles. The highest BCUT2D eigenvalue weighted by Crippen LogP contribution is 2.31. The van der Waals surface area contributed by atoms with Crippen LogP contribution in [0.3, 0.4) is 0 Å². The van der Waals surface area contributed by atoms with E-state index >= 15 is 0 Å². The summed E-state index contributed by atoms with van der Waals surface area (Å²) in [6, 6.07) is 1.66. The zero-order valence-electron chi connectivity index (χ0n) is 10.7. The van der Waals surface area contributed by atoms with Gasteiger partial charge in [0.25, 0.3) is 0 Å². The number of alkyl halides is 5. The minimum atomic E-state index is -4.17. The van der Waals surface area contributed by atoms with Crippen molar-refractivity contribution in [2.45, 2.75) is 38.1 Å². The topological polar surface area (TPSA) is 30.7 Å². The Kier molecular flexibility index (Phi) is 3.90. The molecule has 0 radical (unpaired) electrons. The van der Waals surface area contributed by atoms with Crippen molar-refractivity contribution >= 4 is 22.8 Å². The van der Waals surface area contributed by atoms with Gasteiger partial charge in [0.2, 0.25) is 0 Å². The molecule has 2 aromatic heterocycles. The van der Waals surface area contributed by atoms with E-state index in [4.69, 9.17) is 11.6 Å². The standard InChI is InChI=1S/C12H12ClF4N3/c1-6-3-4-18-10-8(6)19-9(7(2)13)20(10)5-12(16,17)11(14)15/h3-4,7,11H,5H2,1-2H3. The van der Waals surface area contributed by atoms with Crippen molar-refractivity contribution in [3.05, 3.63) is 23.7 Å². The van der Waals surface area contributed by atoms with Crippen LogP contribution in [-0.2, 0) is 6.54 Å². The number of aryl methyl sites for hydroxylation is 1. The van der Waals surface area contributed by atoms with Gasteiger partial charge >= 0.3 is 12.3 Å². The summed E-state index contributed by atoms with van der Waals surface area (Å²) < 4.78 is 52.3. The summed E-state index contributed by atoms with van der Waals surface area (Å²) >= 11 is 5.90. The van der Waals surface area contributed by atoms with Gasteiger partial charge in [0.05, 0.1) is 11.9 Å². The number of halogens is 5. The van der Waals surface area contributed by atoms with E-state index < -0.39 is 24.3 Å². The first-order valence-corrected chi connectivity index (χ1v) is 6.29. The molecule has 0 aromatic carbocycles. The number of aromatic nitrogens is 3. The molecular weight excluding hydrogens is 298 g/mol. The number of hydrogen-bond acceptors (Lipinski definition) is 2. The first kappa shape index (κ1) is 15.0. The summed E-state index contributed by atoms with van der Waals surface area (Å²) in [6.45, 7) is 2.06. The van der Waals surface area contributed by atoms with Gasteiger partial charge in [-0.15, -0.1) is 11.6 Å². The Morgan fingerprint density at radius 1 is 1.40 bits per heavy atom. The monoisotopic (exact) mass is 309 g/mol. The summed E-state index contributed by atoms with van der Waals surface area (Å²) in [4.78, 5) is 8.10.